The van der Waals surface area contributed by atoms with Gasteiger partial charge in [0.2, 0.25) is 0 Å². The van der Waals surface area contributed by atoms with Crippen molar-refractivity contribution in [2.24, 2.45) is 24.8 Å². The van der Waals surface area contributed by atoms with E-state index in [1.807, 2.05) is 18.7 Å². The summed E-state index contributed by atoms with van der Waals surface area (Å²) in [5.74, 6) is 3.58. The molecule has 0 unspecified atom stereocenters. The maximum Gasteiger partial charge on any atom is 0.158 e. The minimum Gasteiger partial charge on any atom is -0.313 e. The van der Waals surface area contributed by atoms with Crippen LogP contribution in [-0.4, -0.2) is 25.2 Å². The number of hydrogen-bond acceptors (Lipinski definition) is 2. The zero-order chi connectivity index (χ0) is 15.7. The molecule has 118 valence electrons. The quantitative estimate of drug-likeness (QED) is 0.761. The van der Waals surface area contributed by atoms with Crippen LogP contribution in [0.2, 0.25) is 0 Å². The highest BCUT2D eigenvalue weighted by Gasteiger charge is 2.23. The number of aromatic nitrogens is 4. The lowest BCUT2D eigenvalue weighted by Gasteiger charge is -2.26. The molecule has 0 saturated heterocycles. The summed E-state index contributed by atoms with van der Waals surface area (Å²) in [6.07, 6.45) is 0.804. The molecule has 4 nitrogen and oxygen atoms in total. The first-order valence-electron chi connectivity index (χ1n) is 7.81. The minimum absolute atomic E-state index is 0.601. The van der Waals surface area contributed by atoms with Crippen molar-refractivity contribution < 1.29 is 0 Å². The zero-order valence-electron chi connectivity index (χ0n) is 14.0. The van der Waals surface area contributed by atoms with Gasteiger partial charge >= 0.3 is 0 Å². The summed E-state index contributed by atoms with van der Waals surface area (Å²) in [7, 11) is 2.00. The predicted octanol–water partition coefficient (Wildman–Crippen LogP) is 3.79. The number of imidazole rings is 1. The van der Waals surface area contributed by atoms with Crippen LogP contribution < -0.4 is 0 Å². The standard InChI is InChI=1S/C16H27ClN4/c1-10(2)13(11(3)4)9-21-14(7-8-17)18-15-12(5)19-20(6)16(15)21/h10-11,13H,7-9H2,1-6H3. The fourth-order valence-corrected chi connectivity index (χ4v) is 3.42. The van der Waals surface area contributed by atoms with E-state index < -0.39 is 0 Å². The molecule has 0 aliphatic heterocycles. The van der Waals surface area contributed by atoms with E-state index >= 15 is 0 Å². The van der Waals surface area contributed by atoms with E-state index in [9.17, 15) is 0 Å². The SMILES string of the molecule is Cc1nn(C)c2c1nc(CCCl)n2CC(C(C)C)C(C)C. The summed E-state index contributed by atoms with van der Waals surface area (Å²) >= 11 is 5.97. The summed E-state index contributed by atoms with van der Waals surface area (Å²) < 4.78 is 4.29. The first-order chi connectivity index (χ1) is 9.86. The Bertz CT molecular complexity index is 601. The molecule has 2 heterocycles. The smallest absolute Gasteiger partial charge is 0.158 e. The number of fused-ring (bicyclic) bond motifs is 1. The molecule has 2 aromatic heterocycles. The van der Waals surface area contributed by atoms with Gasteiger partial charge in [-0.1, -0.05) is 27.7 Å². The van der Waals surface area contributed by atoms with Crippen molar-refractivity contribution in [2.75, 3.05) is 5.88 Å². The second-order valence-electron chi connectivity index (χ2n) is 6.61. The van der Waals surface area contributed by atoms with Crippen LogP contribution in [0.4, 0.5) is 0 Å². The number of rotatable bonds is 6. The fourth-order valence-electron chi connectivity index (χ4n) is 3.25. The number of aryl methyl sites for hydroxylation is 3. The summed E-state index contributed by atoms with van der Waals surface area (Å²) in [4.78, 5) is 4.79. The third-order valence-corrected chi connectivity index (χ3v) is 4.58. The van der Waals surface area contributed by atoms with Crippen molar-refractivity contribution in [1.82, 2.24) is 19.3 Å². The van der Waals surface area contributed by atoms with Gasteiger partial charge in [-0.15, -0.1) is 11.6 Å². The molecular formula is C16H27ClN4. The van der Waals surface area contributed by atoms with Crippen molar-refractivity contribution in [3.8, 4) is 0 Å². The summed E-state index contributed by atoms with van der Waals surface area (Å²) in [6, 6.07) is 0. The molecule has 0 bridgehead atoms. The monoisotopic (exact) mass is 310 g/mol. The average molecular weight is 311 g/mol. The van der Waals surface area contributed by atoms with Gasteiger partial charge in [-0.2, -0.15) is 5.10 Å². The Morgan fingerprint density at radius 1 is 1.14 bits per heavy atom. The van der Waals surface area contributed by atoms with E-state index in [-0.39, 0.29) is 0 Å². The van der Waals surface area contributed by atoms with Crippen molar-refractivity contribution in [3.05, 3.63) is 11.5 Å². The van der Waals surface area contributed by atoms with Crippen molar-refractivity contribution in [3.63, 3.8) is 0 Å². The Kier molecular flexibility index (Phi) is 4.97. The third kappa shape index (κ3) is 3.10. The number of halogens is 1. The van der Waals surface area contributed by atoms with E-state index in [1.54, 1.807) is 0 Å². The highest BCUT2D eigenvalue weighted by Crippen LogP contribution is 2.27. The normalized spacial score (nSPS) is 12.5. The molecule has 0 aliphatic carbocycles. The van der Waals surface area contributed by atoms with Crippen LogP contribution in [0.15, 0.2) is 0 Å². The molecule has 0 aliphatic rings. The third-order valence-electron chi connectivity index (χ3n) is 4.39. The van der Waals surface area contributed by atoms with Crippen molar-refractivity contribution in [2.45, 2.75) is 47.6 Å². The van der Waals surface area contributed by atoms with E-state index in [0.717, 1.165) is 35.6 Å². The molecular weight excluding hydrogens is 284 g/mol. The van der Waals surface area contributed by atoms with Gasteiger partial charge in [-0.05, 0) is 24.7 Å². The molecule has 5 heteroatoms. The van der Waals surface area contributed by atoms with E-state index in [0.29, 0.717) is 23.6 Å². The van der Waals surface area contributed by atoms with Gasteiger partial charge in [0.25, 0.3) is 0 Å². The van der Waals surface area contributed by atoms with Crippen molar-refractivity contribution >= 4 is 22.8 Å². The van der Waals surface area contributed by atoms with Crippen molar-refractivity contribution in [1.29, 1.82) is 0 Å². The molecule has 0 radical (unpaired) electrons. The predicted molar refractivity (Wildman–Crippen MR) is 88.8 cm³/mol. The van der Waals surface area contributed by atoms with Crippen LogP contribution in [0.25, 0.3) is 11.2 Å². The lowest BCUT2D eigenvalue weighted by Crippen LogP contribution is -2.23. The highest BCUT2D eigenvalue weighted by molar-refractivity contribution is 6.17. The van der Waals surface area contributed by atoms with E-state index in [2.05, 4.69) is 37.4 Å². The number of alkyl halides is 1. The lowest BCUT2D eigenvalue weighted by molar-refractivity contribution is 0.251. The van der Waals surface area contributed by atoms with Gasteiger partial charge in [0.05, 0.1) is 5.69 Å². The highest BCUT2D eigenvalue weighted by atomic mass is 35.5. The van der Waals surface area contributed by atoms with Crippen LogP contribution in [0.1, 0.15) is 39.2 Å². The van der Waals surface area contributed by atoms with E-state index in [1.165, 1.54) is 0 Å². The van der Waals surface area contributed by atoms with Gasteiger partial charge in [0.15, 0.2) is 5.65 Å². The number of hydrogen-bond donors (Lipinski definition) is 0. The Balaban J connectivity index is 2.51. The molecule has 2 rings (SSSR count). The van der Waals surface area contributed by atoms with Gasteiger partial charge in [-0.25, -0.2) is 4.98 Å². The molecule has 0 aromatic carbocycles. The fraction of sp³-hybridized carbons (Fsp3) is 0.750. The van der Waals surface area contributed by atoms with Crippen LogP contribution in [0, 0.1) is 24.7 Å². The first kappa shape index (κ1) is 16.3. The van der Waals surface area contributed by atoms with Crippen LogP contribution in [-0.2, 0) is 20.0 Å². The molecule has 0 N–H and O–H groups in total. The Morgan fingerprint density at radius 3 is 2.29 bits per heavy atom. The van der Waals surface area contributed by atoms with Crippen LogP contribution in [0.3, 0.4) is 0 Å². The second-order valence-corrected chi connectivity index (χ2v) is 6.99. The molecule has 0 atom stereocenters. The average Bonchev–Trinajstić information content (AvgIpc) is 2.86. The first-order valence-corrected chi connectivity index (χ1v) is 8.34. The van der Waals surface area contributed by atoms with E-state index in [4.69, 9.17) is 16.6 Å². The topological polar surface area (TPSA) is 35.6 Å². The summed E-state index contributed by atoms with van der Waals surface area (Å²) in [5, 5.41) is 4.51. The van der Waals surface area contributed by atoms with Gasteiger partial charge in [0, 0.05) is 25.9 Å². The Labute approximate surface area is 132 Å². The molecule has 21 heavy (non-hydrogen) atoms. The molecule has 0 amide bonds. The summed E-state index contributed by atoms with van der Waals surface area (Å²) in [5.41, 5.74) is 3.13. The molecule has 0 fully saturated rings. The number of nitrogens with zero attached hydrogens (tertiary/aromatic N) is 4. The Morgan fingerprint density at radius 2 is 1.76 bits per heavy atom. The van der Waals surface area contributed by atoms with Gasteiger partial charge in [-0.3, -0.25) is 4.68 Å². The zero-order valence-corrected chi connectivity index (χ0v) is 14.8. The van der Waals surface area contributed by atoms with Gasteiger partial charge in [0.1, 0.15) is 11.3 Å². The maximum atomic E-state index is 5.97. The maximum absolute atomic E-state index is 5.97. The second kappa shape index (κ2) is 6.39. The largest absolute Gasteiger partial charge is 0.313 e. The molecule has 0 spiro atoms. The molecule has 2 aromatic rings. The summed E-state index contributed by atoms with van der Waals surface area (Å²) in [6.45, 7) is 12.2. The van der Waals surface area contributed by atoms with Crippen LogP contribution >= 0.6 is 11.6 Å². The molecule has 0 saturated carbocycles. The Hall–Kier alpha value is -1.03. The lowest BCUT2D eigenvalue weighted by atomic mass is 9.85. The van der Waals surface area contributed by atoms with Gasteiger partial charge < -0.3 is 4.57 Å². The minimum atomic E-state index is 0.601. The van der Waals surface area contributed by atoms with Crippen LogP contribution in [0.5, 0.6) is 0 Å².